The zero-order valence-corrected chi connectivity index (χ0v) is 11.4. The van der Waals surface area contributed by atoms with E-state index in [1.807, 2.05) is 0 Å². The van der Waals surface area contributed by atoms with Crippen molar-refractivity contribution in [3.8, 4) is 0 Å². The molecule has 0 aliphatic heterocycles. The summed E-state index contributed by atoms with van der Waals surface area (Å²) in [7, 11) is 0. The number of hydrogen-bond donors (Lipinski definition) is 2. The van der Waals surface area contributed by atoms with Gasteiger partial charge in [0.2, 0.25) is 5.82 Å². The predicted molar refractivity (Wildman–Crippen MR) is 76.3 cm³/mol. The zero-order valence-electron chi connectivity index (χ0n) is 10.6. The lowest BCUT2D eigenvalue weighted by Gasteiger charge is -2.08. The standard InChI is InChI=1S/C13H12ClN3O3/c1-8-6-11(17(19)20)13(16-12(8)14)15-10-4-2-9(7-18)3-5-10/h2-6,18H,7H2,1H3,(H,15,16). The van der Waals surface area contributed by atoms with E-state index in [4.69, 9.17) is 16.7 Å². The second-order valence-electron chi connectivity index (χ2n) is 4.20. The maximum absolute atomic E-state index is 11.0. The first-order valence-electron chi connectivity index (χ1n) is 5.79. The maximum Gasteiger partial charge on any atom is 0.312 e. The Morgan fingerprint density at radius 2 is 2.05 bits per heavy atom. The molecule has 2 rings (SSSR count). The highest BCUT2D eigenvalue weighted by Crippen LogP contribution is 2.29. The van der Waals surface area contributed by atoms with E-state index < -0.39 is 4.92 Å². The molecule has 0 radical (unpaired) electrons. The van der Waals surface area contributed by atoms with Gasteiger partial charge in [0.1, 0.15) is 5.15 Å². The quantitative estimate of drug-likeness (QED) is 0.513. The molecule has 0 aliphatic rings. The summed E-state index contributed by atoms with van der Waals surface area (Å²) in [5, 5.41) is 23.1. The molecule has 0 bridgehead atoms. The third-order valence-corrected chi connectivity index (χ3v) is 3.11. The fourth-order valence-electron chi connectivity index (χ4n) is 1.64. The van der Waals surface area contributed by atoms with Crippen molar-refractivity contribution in [1.82, 2.24) is 4.98 Å². The van der Waals surface area contributed by atoms with Gasteiger partial charge in [0.25, 0.3) is 0 Å². The van der Waals surface area contributed by atoms with Crippen LogP contribution in [0.25, 0.3) is 0 Å². The molecule has 0 amide bonds. The van der Waals surface area contributed by atoms with Crippen LogP contribution in [0.1, 0.15) is 11.1 Å². The van der Waals surface area contributed by atoms with Crippen LogP contribution in [-0.2, 0) is 6.61 Å². The van der Waals surface area contributed by atoms with E-state index >= 15 is 0 Å². The van der Waals surface area contributed by atoms with Crippen LogP contribution in [-0.4, -0.2) is 15.0 Å². The van der Waals surface area contributed by atoms with Crippen molar-refractivity contribution < 1.29 is 10.0 Å². The molecule has 2 N–H and O–H groups in total. The topological polar surface area (TPSA) is 88.3 Å². The summed E-state index contributed by atoms with van der Waals surface area (Å²) in [5.41, 5.74) is 1.77. The van der Waals surface area contributed by atoms with Gasteiger partial charge in [-0.25, -0.2) is 4.98 Å². The van der Waals surface area contributed by atoms with Gasteiger partial charge in [0, 0.05) is 11.8 Å². The lowest BCUT2D eigenvalue weighted by atomic mass is 10.2. The molecule has 0 saturated heterocycles. The largest absolute Gasteiger partial charge is 0.392 e. The molecule has 0 spiro atoms. The number of nitro groups is 1. The summed E-state index contributed by atoms with van der Waals surface area (Å²) in [5.74, 6) is 0.0855. The third-order valence-electron chi connectivity index (χ3n) is 2.73. The number of nitrogens with one attached hydrogen (secondary N) is 1. The molecule has 2 aromatic rings. The second kappa shape index (κ2) is 5.85. The Bertz CT molecular complexity index is 644. The van der Waals surface area contributed by atoms with Crippen molar-refractivity contribution >= 4 is 28.8 Å². The average Bonchev–Trinajstić information content (AvgIpc) is 2.43. The van der Waals surface area contributed by atoms with Crippen molar-refractivity contribution in [2.24, 2.45) is 0 Å². The van der Waals surface area contributed by atoms with Gasteiger partial charge in [-0.3, -0.25) is 10.1 Å². The van der Waals surface area contributed by atoms with E-state index in [-0.39, 0.29) is 23.3 Å². The summed E-state index contributed by atoms with van der Waals surface area (Å²) in [4.78, 5) is 14.5. The molecular weight excluding hydrogens is 282 g/mol. The Kier molecular flexibility index (Phi) is 4.16. The van der Waals surface area contributed by atoms with Crippen LogP contribution in [0, 0.1) is 17.0 Å². The Morgan fingerprint density at radius 1 is 1.40 bits per heavy atom. The molecule has 0 saturated carbocycles. The Hall–Kier alpha value is -2.18. The zero-order chi connectivity index (χ0) is 14.7. The fourth-order valence-corrected chi connectivity index (χ4v) is 1.78. The fraction of sp³-hybridized carbons (Fsp3) is 0.154. The molecule has 0 atom stereocenters. The van der Waals surface area contributed by atoms with Gasteiger partial charge in [-0.05, 0) is 30.2 Å². The van der Waals surface area contributed by atoms with Gasteiger partial charge in [0.05, 0.1) is 11.5 Å². The van der Waals surface area contributed by atoms with Gasteiger partial charge < -0.3 is 10.4 Å². The van der Waals surface area contributed by atoms with E-state index in [0.29, 0.717) is 11.3 Å². The average molecular weight is 294 g/mol. The molecule has 1 aromatic heterocycles. The molecule has 1 heterocycles. The van der Waals surface area contributed by atoms with Crippen molar-refractivity contribution in [2.45, 2.75) is 13.5 Å². The van der Waals surface area contributed by atoms with Crippen molar-refractivity contribution in [3.63, 3.8) is 0 Å². The van der Waals surface area contributed by atoms with Crippen molar-refractivity contribution in [2.75, 3.05) is 5.32 Å². The number of pyridine rings is 1. The number of nitrogens with zero attached hydrogens (tertiary/aromatic N) is 2. The van der Waals surface area contributed by atoms with Gasteiger partial charge in [-0.2, -0.15) is 0 Å². The van der Waals surface area contributed by atoms with Gasteiger partial charge in [0.15, 0.2) is 0 Å². The predicted octanol–water partition coefficient (Wildman–Crippen LogP) is 3.19. The minimum Gasteiger partial charge on any atom is -0.392 e. The number of benzene rings is 1. The van der Waals surface area contributed by atoms with Gasteiger partial charge in [-0.1, -0.05) is 23.7 Å². The number of anilines is 2. The first-order valence-corrected chi connectivity index (χ1v) is 6.17. The smallest absolute Gasteiger partial charge is 0.312 e. The van der Waals surface area contributed by atoms with Crippen LogP contribution >= 0.6 is 11.6 Å². The first-order chi connectivity index (χ1) is 9.51. The summed E-state index contributed by atoms with van der Waals surface area (Å²) >= 11 is 5.90. The second-order valence-corrected chi connectivity index (χ2v) is 4.56. The summed E-state index contributed by atoms with van der Waals surface area (Å²) in [6, 6.07) is 8.20. The number of aliphatic hydroxyl groups excluding tert-OH is 1. The molecule has 104 valence electrons. The lowest BCUT2D eigenvalue weighted by Crippen LogP contribution is -2.01. The molecule has 20 heavy (non-hydrogen) atoms. The normalized spacial score (nSPS) is 10.3. The molecule has 0 aliphatic carbocycles. The molecule has 1 aromatic carbocycles. The maximum atomic E-state index is 11.0. The van der Waals surface area contributed by atoms with E-state index in [0.717, 1.165) is 5.56 Å². The summed E-state index contributed by atoms with van der Waals surface area (Å²) in [6.45, 7) is 1.59. The Balaban J connectivity index is 2.36. The highest BCUT2D eigenvalue weighted by atomic mass is 35.5. The van der Waals surface area contributed by atoms with Crippen LogP contribution < -0.4 is 5.32 Å². The first kappa shape index (κ1) is 14.2. The number of aliphatic hydroxyl groups is 1. The number of rotatable bonds is 4. The Morgan fingerprint density at radius 3 is 2.60 bits per heavy atom. The van der Waals surface area contributed by atoms with Crippen molar-refractivity contribution in [1.29, 1.82) is 0 Å². The molecular formula is C13H12ClN3O3. The van der Waals surface area contributed by atoms with E-state index in [9.17, 15) is 10.1 Å². The van der Waals surface area contributed by atoms with Crippen molar-refractivity contribution in [3.05, 3.63) is 56.7 Å². The Labute approximate surface area is 120 Å². The van der Waals surface area contributed by atoms with Crippen LogP contribution in [0.5, 0.6) is 0 Å². The van der Waals surface area contributed by atoms with E-state index in [1.54, 1.807) is 31.2 Å². The lowest BCUT2D eigenvalue weighted by molar-refractivity contribution is -0.384. The minimum atomic E-state index is -0.513. The molecule has 0 fully saturated rings. The highest BCUT2D eigenvalue weighted by Gasteiger charge is 2.18. The summed E-state index contributed by atoms with van der Waals surface area (Å²) in [6.07, 6.45) is 0. The van der Waals surface area contributed by atoms with Crippen LogP contribution in [0.3, 0.4) is 0 Å². The molecule has 0 unspecified atom stereocenters. The number of aryl methyl sites for hydroxylation is 1. The van der Waals surface area contributed by atoms with E-state index in [2.05, 4.69) is 10.3 Å². The van der Waals surface area contributed by atoms with E-state index in [1.165, 1.54) is 6.07 Å². The van der Waals surface area contributed by atoms with Crippen LogP contribution in [0.15, 0.2) is 30.3 Å². The van der Waals surface area contributed by atoms with Gasteiger partial charge in [-0.15, -0.1) is 0 Å². The van der Waals surface area contributed by atoms with Crippen LogP contribution in [0.2, 0.25) is 5.15 Å². The summed E-state index contributed by atoms with van der Waals surface area (Å²) < 4.78 is 0. The SMILES string of the molecule is Cc1cc([N+](=O)[O-])c(Nc2ccc(CO)cc2)nc1Cl. The number of halogens is 1. The number of aromatic nitrogens is 1. The minimum absolute atomic E-state index is 0.0605. The number of hydrogen-bond acceptors (Lipinski definition) is 5. The van der Waals surface area contributed by atoms with Crippen LogP contribution in [0.4, 0.5) is 17.2 Å². The van der Waals surface area contributed by atoms with Gasteiger partial charge >= 0.3 is 5.69 Å². The molecule has 6 nitrogen and oxygen atoms in total. The highest BCUT2D eigenvalue weighted by molar-refractivity contribution is 6.30. The molecule has 7 heteroatoms. The monoisotopic (exact) mass is 293 g/mol. The third kappa shape index (κ3) is 3.04.